The molecule has 252 valence electrons. The van der Waals surface area contributed by atoms with E-state index in [0.29, 0.717) is 12.3 Å². The zero-order valence-corrected chi connectivity index (χ0v) is 29.3. The van der Waals surface area contributed by atoms with Crippen molar-refractivity contribution in [3.63, 3.8) is 0 Å². The Kier molecular flexibility index (Phi) is 6.93. The van der Waals surface area contributed by atoms with E-state index >= 15 is 0 Å². The monoisotopic (exact) mass is 688 g/mol. The van der Waals surface area contributed by atoms with Crippen molar-refractivity contribution in [3.8, 4) is 11.1 Å². The smallest absolute Gasteiger partial charge is 0.160 e. The summed E-state index contributed by atoms with van der Waals surface area (Å²) in [6.07, 6.45) is 2.87. The van der Waals surface area contributed by atoms with Gasteiger partial charge in [-0.15, -0.1) is 0 Å². The molecule has 3 heteroatoms. The number of furan rings is 1. The minimum Gasteiger partial charge on any atom is -0.456 e. The summed E-state index contributed by atoms with van der Waals surface area (Å²) in [6.45, 7) is 0. The maximum absolute atomic E-state index is 6.60. The van der Waals surface area contributed by atoms with Crippen LogP contribution in [0.1, 0.15) is 23.1 Å². The molecule has 0 radical (unpaired) electrons. The van der Waals surface area contributed by atoms with E-state index < -0.39 is 0 Å². The first-order valence-electron chi connectivity index (χ1n) is 18.4. The summed E-state index contributed by atoms with van der Waals surface area (Å²) in [5, 5.41) is 11.8. The molecule has 0 fully saturated rings. The molecule has 0 amide bonds. The van der Waals surface area contributed by atoms with Crippen LogP contribution in [0.15, 0.2) is 196 Å². The fourth-order valence-corrected chi connectivity index (χ4v) is 8.14. The van der Waals surface area contributed by atoms with Gasteiger partial charge >= 0.3 is 0 Å². The van der Waals surface area contributed by atoms with Crippen molar-refractivity contribution < 1.29 is 4.42 Å². The predicted molar refractivity (Wildman–Crippen MR) is 228 cm³/mol. The van der Waals surface area contributed by atoms with E-state index in [0.717, 1.165) is 61.2 Å². The summed E-state index contributed by atoms with van der Waals surface area (Å²) < 4.78 is 6.60. The maximum Gasteiger partial charge on any atom is 0.160 e. The molecule has 0 atom stereocenters. The van der Waals surface area contributed by atoms with E-state index in [4.69, 9.17) is 14.4 Å². The number of aliphatic imine (C=N–C) groups is 2. The molecule has 0 spiro atoms. The Morgan fingerprint density at radius 2 is 0.981 bits per heavy atom. The fourth-order valence-electron chi connectivity index (χ4n) is 8.14. The number of rotatable bonds is 4. The van der Waals surface area contributed by atoms with Gasteiger partial charge in [-0.2, -0.15) is 0 Å². The molecule has 10 aromatic rings. The van der Waals surface area contributed by atoms with Crippen molar-refractivity contribution in [2.45, 2.75) is 6.42 Å². The summed E-state index contributed by atoms with van der Waals surface area (Å²) >= 11 is 0. The van der Waals surface area contributed by atoms with Crippen LogP contribution in [0.5, 0.6) is 0 Å². The molecule has 11 rings (SSSR count). The lowest BCUT2D eigenvalue weighted by Crippen LogP contribution is -2.05. The third-order valence-electron chi connectivity index (χ3n) is 10.9. The van der Waals surface area contributed by atoms with Crippen molar-refractivity contribution in [3.05, 3.63) is 199 Å². The molecule has 2 heterocycles. The van der Waals surface area contributed by atoms with Crippen LogP contribution < -0.4 is 0 Å². The minimum absolute atomic E-state index is 0.644. The molecule has 54 heavy (non-hydrogen) atoms. The molecule has 0 unspecified atom stereocenters. The Morgan fingerprint density at radius 3 is 1.81 bits per heavy atom. The first-order chi connectivity index (χ1) is 26.7. The van der Waals surface area contributed by atoms with Crippen LogP contribution in [0.25, 0.3) is 81.9 Å². The van der Waals surface area contributed by atoms with E-state index in [1.807, 2.05) is 12.1 Å². The second-order valence-corrected chi connectivity index (χ2v) is 14.1. The van der Waals surface area contributed by atoms with Crippen molar-refractivity contribution in [1.29, 1.82) is 0 Å². The lowest BCUT2D eigenvalue weighted by Gasteiger charge is -2.09. The van der Waals surface area contributed by atoms with Crippen LogP contribution in [0, 0.1) is 0 Å². The molecule has 1 aliphatic heterocycles. The lowest BCUT2D eigenvalue weighted by atomic mass is 9.97. The standard InChI is InChI=1S/C51H32N2O/c1-3-11-35-28-37(19-16-32(35)8-1)38-22-25-44-49(31-38)54-48-15-7-14-45(50(44)48)51-52-46(40-21-17-33-9-2-4-12-36(33)29-40)26-27-47(53-51)41-23-24-43-39(30-41)20-18-34-10-5-6-13-42(34)43/h1-26,28-31H,27H2. The number of fused-ring (bicyclic) bond motifs is 8. The normalized spacial score (nSPS) is 13.4. The number of amidine groups is 1. The average Bonchev–Trinajstić information content (AvgIpc) is 3.46. The molecular weight excluding hydrogens is 657 g/mol. The first kappa shape index (κ1) is 30.5. The average molecular weight is 689 g/mol. The van der Waals surface area contributed by atoms with E-state index in [2.05, 4.69) is 170 Å². The highest BCUT2D eigenvalue weighted by Crippen LogP contribution is 2.37. The lowest BCUT2D eigenvalue weighted by molar-refractivity contribution is 0.669. The first-order valence-corrected chi connectivity index (χ1v) is 18.4. The molecule has 0 saturated carbocycles. The van der Waals surface area contributed by atoms with Crippen molar-refractivity contribution >= 4 is 82.3 Å². The Morgan fingerprint density at radius 1 is 0.389 bits per heavy atom. The number of allylic oxidation sites excluding steroid dienone is 1. The van der Waals surface area contributed by atoms with Crippen LogP contribution in [-0.4, -0.2) is 11.5 Å². The van der Waals surface area contributed by atoms with Gasteiger partial charge in [0.25, 0.3) is 0 Å². The Bertz CT molecular complexity index is 3250. The van der Waals surface area contributed by atoms with Gasteiger partial charge in [-0.1, -0.05) is 146 Å². The van der Waals surface area contributed by atoms with Crippen LogP contribution in [0.2, 0.25) is 0 Å². The van der Waals surface area contributed by atoms with Crippen LogP contribution in [0.4, 0.5) is 0 Å². The molecule has 9 aromatic carbocycles. The minimum atomic E-state index is 0.644. The molecular formula is C51H32N2O. The number of nitrogens with zero attached hydrogens (tertiary/aromatic N) is 2. The molecule has 0 aliphatic carbocycles. The fraction of sp³-hybridized carbons (Fsp3) is 0.0196. The van der Waals surface area contributed by atoms with Crippen molar-refractivity contribution in [2.24, 2.45) is 9.98 Å². The summed E-state index contributed by atoms with van der Waals surface area (Å²) in [5.41, 5.74) is 8.92. The van der Waals surface area contributed by atoms with Gasteiger partial charge in [0.2, 0.25) is 0 Å². The summed E-state index contributed by atoms with van der Waals surface area (Å²) in [5.74, 6) is 0.674. The third-order valence-corrected chi connectivity index (χ3v) is 10.9. The highest BCUT2D eigenvalue weighted by Gasteiger charge is 2.20. The number of benzene rings is 9. The Hall–Kier alpha value is -7.10. The van der Waals surface area contributed by atoms with Crippen molar-refractivity contribution in [2.75, 3.05) is 0 Å². The van der Waals surface area contributed by atoms with Gasteiger partial charge in [0.15, 0.2) is 5.84 Å². The van der Waals surface area contributed by atoms with Gasteiger partial charge in [-0.25, -0.2) is 9.98 Å². The van der Waals surface area contributed by atoms with E-state index in [1.165, 1.54) is 43.1 Å². The number of hydrogen-bond donors (Lipinski definition) is 0. The molecule has 1 aromatic heterocycles. The zero-order chi connectivity index (χ0) is 35.6. The SMILES string of the molecule is C1=C(c2ccc3ccccc3c2)N=C(c2cccc3oc4cc(-c5ccc6ccccc6c5)ccc4c23)N=C(c2ccc3c(ccc4ccccc43)c2)C1. The predicted octanol–water partition coefficient (Wildman–Crippen LogP) is 13.5. The van der Waals surface area contributed by atoms with Crippen molar-refractivity contribution in [1.82, 2.24) is 0 Å². The molecule has 0 bridgehead atoms. The van der Waals surface area contributed by atoms with Gasteiger partial charge in [0.05, 0.1) is 11.4 Å². The van der Waals surface area contributed by atoms with Gasteiger partial charge in [0.1, 0.15) is 11.2 Å². The van der Waals surface area contributed by atoms with Gasteiger partial charge < -0.3 is 4.42 Å². The van der Waals surface area contributed by atoms with E-state index in [9.17, 15) is 0 Å². The Labute approximate surface area is 311 Å². The highest BCUT2D eigenvalue weighted by molar-refractivity contribution is 6.23. The molecule has 3 nitrogen and oxygen atoms in total. The van der Waals surface area contributed by atoms with E-state index in [1.54, 1.807) is 0 Å². The van der Waals surface area contributed by atoms with Crippen LogP contribution in [0.3, 0.4) is 0 Å². The Balaban J connectivity index is 1.08. The zero-order valence-electron chi connectivity index (χ0n) is 29.3. The topological polar surface area (TPSA) is 37.9 Å². The quantitative estimate of drug-likeness (QED) is 0.170. The summed E-state index contributed by atoms with van der Waals surface area (Å²) in [4.78, 5) is 10.8. The largest absolute Gasteiger partial charge is 0.456 e. The molecule has 0 N–H and O–H groups in total. The van der Waals surface area contributed by atoms with Crippen LogP contribution >= 0.6 is 0 Å². The van der Waals surface area contributed by atoms with Gasteiger partial charge in [-0.3, -0.25) is 0 Å². The molecule has 0 saturated heterocycles. The van der Waals surface area contributed by atoms with Crippen LogP contribution in [-0.2, 0) is 0 Å². The highest BCUT2D eigenvalue weighted by atomic mass is 16.3. The third kappa shape index (κ3) is 5.13. The second kappa shape index (κ2) is 12.3. The van der Waals surface area contributed by atoms with Gasteiger partial charge in [0, 0.05) is 28.3 Å². The van der Waals surface area contributed by atoms with Gasteiger partial charge in [-0.05, 0) is 96.2 Å². The number of hydrogen-bond acceptors (Lipinski definition) is 3. The summed E-state index contributed by atoms with van der Waals surface area (Å²) in [6, 6.07) is 62.6. The van der Waals surface area contributed by atoms with E-state index in [-0.39, 0.29) is 0 Å². The summed E-state index contributed by atoms with van der Waals surface area (Å²) in [7, 11) is 0. The molecule has 1 aliphatic rings. The second-order valence-electron chi connectivity index (χ2n) is 14.1. The maximum atomic E-state index is 6.60.